The van der Waals surface area contributed by atoms with Crippen LogP contribution in [0.3, 0.4) is 0 Å². The number of ether oxygens (including phenoxy) is 3. The van der Waals surface area contributed by atoms with Crippen molar-refractivity contribution in [2.75, 3.05) is 14.2 Å². The van der Waals surface area contributed by atoms with E-state index in [2.05, 4.69) is 0 Å². The molecular weight excluding hydrogens is 298 g/mol. The first kappa shape index (κ1) is 14.9. The monoisotopic (exact) mass is 313 g/mol. The summed E-state index contributed by atoms with van der Waals surface area (Å²) < 4.78 is 16.3. The van der Waals surface area contributed by atoms with Gasteiger partial charge in [-0.15, -0.1) is 0 Å². The number of hydrogen-bond acceptors (Lipinski definition) is 5. The summed E-state index contributed by atoms with van der Waals surface area (Å²) in [6.07, 6.45) is 0.681. The van der Waals surface area contributed by atoms with E-state index in [0.29, 0.717) is 28.4 Å². The molecule has 0 radical (unpaired) electrons. The summed E-state index contributed by atoms with van der Waals surface area (Å²) in [6, 6.07) is 12.3. The molecule has 6 nitrogen and oxygen atoms in total. The topological polar surface area (TPSA) is 70.8 Å². The molecule has 0 bridgehead atoms. The number of fused-ring (bicyclic) bond motifs is 1. The SMILES string of the molecule is COc1ccc2c(c1)C=C([N+](=O)[O-])C(c1ccccc1OC)O2. The van der Waals surface area contributed by atoms with E-state index >= 15 is 0 Å². The van der Waals surface area contributed by atoms with Crippen molar-refractivity contribution in [2.45, 2.75) is 6.10 Å². The van der Waals surface area contributed by atoms with Crippen LogP contribution in [0.4, 0.5) is 0 Å². The molecule has 2 aromatic rings. The Morgan fingerprint density at radius 1 is 1.13 bits per heavy atom. The van der Waals surface area contributed by atoms with E-state index < -0.39 is 11.0 Å². The van der Waals surface area contributed by atoms with E-state index in [0.717, 1.165) is 0 Å². The van der Waals surface area contributed by atoms with Crippen molar-refractivity contribution in [1.82, 2.24) is 0 Å². The summed E-state index contributed by atoms with van der Waals surface area (Å²) in [6.45, 7) is 0. The number of benzene rings is 2. The second kappa shape index (κ2) is 6.00. The Labute approximate surface area is 133 Å². The molecule has 0 saturated carbocycles. The molecule has 1 heterocycles. The molecule has 0 saturated heterocycles. The Hall–Kier alpha value is -3.02. The third-order valence-corrected chi connectivity index (χ3v) is 3.67. The summed E-state index contributed by atoms with van der Waals surface area (Å²) in [5.74, 6) is 1.72. The van der Waals surface area contributed by atoms with Crippen LogP contribution in [-0.2, 0) is 0 Å². The van der Waals surface area contributed by atoms with Crippen molar-refractivity contribution in [3.63, 3.8) is 0 Å². The van der Waals surface area contributed by atoms with Crippen molar-refractivity contribution in [3.05, 3.63) is 69.4 Å². The average Bonchev–Trinajstić information content (AvgIpc) is 2.59. The lowest BCUT2D eigenvalue weighted by atomic mass is 10.00. The van der Waals surface area contributed by atoms with Gasteiger partial charge in [-0.3, -0.25) is 10.1 Å². The molecule has 0 aliphatic carbocycles. The van der Waals surface area contributed by atoms with Crippen LogP contribution in [0.15, 0.2) is 48.2 Å². The van der Waals surface area contributed by atoms with Crippen LogP contribution in [0, 0.1) is 10.1 Å². The van der Waals surface area contributed by atoms with Gasteiger partial charge in [-0.05, 0) is 24.3 Å². The van der Waals surface area contributed by atoms with Gasteiger partial charge >= 0.3 is 0 Å². The Kier molecular flexibility index (Phi) is 3.89. The van der Waals surface area contributed by atoms with E-state index in [4.69, 9.17) is 14.2 Å². The van der Waals surface area contributed by atoms with Gasteiger partial charge in [0.2, 0.25) is 6.10 Å². The highest BCUT2D eigenvalue weighted by atomic mass is 16.6. The Balaban J connectivity index is 2.11. The van der Waals surface area contributed by atoms with Crippen molar-refractivity contribution in [3.8, 4) is 17.2 Å². The van der Waals surface area contributed by atoms with Crippen LogP contribution in [0.1, 0.15) is 17.2 Å². The number of methoxy groups -OCH3 is 2. The van der Waals surface area contributed by atoms with Gasteiger partial charge in [-0.2, -0.15) is 0 Å². The standard InChI is InChI=1S/C17H15NO5/c1-21-12-7-8-15-11(9-12)10-14(18(19)20)17(23-15)13-5-3-4-6-16(13)22-2/h3-10,17H,1-2H3. The molecule has 1 aliphatic heterocycles. The minimum absolute atomic E-state index is 0.0461. The minimum Gasteiger partial charge on any atom is -0.497 e. The minimum atomic E-state index is -0.831. The van der Waals surface area contributed by atoms with Gasteiger partial charge in [0.1, 0.15) is 17.2 Å². The maximum absolute atomic E-state index is 11.5. The molecule has 0 aromatic heterocycles. The predicted octanol–water partition coefficient (Wildman–Crippen LogP) is 3.46. The fraction of sp³-hybridized carbons (Fsp3) is 0.176. The van der Waals surface area contributed by atoms with Gasteiger partial charge in [0, 0.05) is 17.2 Å². The Bertz CT molecular complexity index is 784. The molecule has 23 heavy (non-hydrogen) atoms. The van der Waals surface area contributed by atoms with Gasteiger partial charge in [-0.1, -0.05) is 18.2 Å². The summed E-state index contributed by atoms with van der Waals surface area (Å²) in [4.78, 5) is 11.1. The second-order valence-electron chi connectivity index (χ2n) is 4.97. The lowest BCUT2D eigenvalue weighted by molar-refractivity contribution is -0.434. The number of para-hydroxylation sites is 1. The van der Waals surface area contributed by atoms with Crippen LogP contribution in [0.2, 0.25) is 0 Å². The normalized spacial score (nSPS) is 15.9. The van der Waals surface area contributed by atoms with Crippen molar-refractivity contribution >= 4 is 6.08 Å². The van der Waals surface area contributed by atoms with Crippen molar-refractivity contribution in [2.24, 2.45) is 0 Å². The van der Waals surface area contributed by atoms with E-state index in [1.54, 1.807) is 49.6 Å². The zero-order valence-corrected chi connectivity index (χ0v) is 12.7. The predicted molar refractivity (Wildman–Crippen MR) is 84.3 cm³/mol. The molecule has 1 aliphatic rings. The lowest BCUT2D eigenvalue weighted by Crippen LogP contribution is -2.20. The van der Waals surface area contributed by atoms with E-state index in [1.165, 1.54) is 13.2 Å². The van der Waals surface area contributed by atoms with Gasteiger partial charge < -0.3 is 14.2 Å². The molecule has 0 N–H and O–H groups in total. The first-order valence-corrected chi connectivity index (χ1v) is 6.97. The molecular formula is C17H15NO5. The fourth-order valence-electron chi connectivity index (χ4n) is 2.55. The second-order valence-corrected chi connectivity index (χ2v) is 4.97. The highest BCUT2D eigenvalue weighted by molar-refractivity contribution is 5.64. The van der Waals surface area contributed by atoms with Crippen molar-refractivity contribution < 1.29 is 19.1 Å². The van der Waals surface area contributed by atoms with Gasteiger partial charge in [0.15, 0.2) is 0 Å². The Morgan fingerprint density at radius 3 is 2.61 bits per heavy atom. The Morgan fingerprint density at radius 2 is 1.91 bits per heavy atom. The van der Waals surface area contributed by atoms with E-state index in [1.807, 2.05) is 0 Å². The molecule has 3 rings (SSSR count). The molecule has 0 spiro atoms. The summed E-state index contributed by atoms with van der Waals surface area (Å²) in [7, 11) is 3.07. The fourth-order valence-corrected chi connectivity index (χ4v) is 2.55. The lowest BCUT2D eigenvalue weighted by Gasteiger charge is -2.24. The molecule has 118 valence electrons. The van der Waals surface area contributed by atoms with Crippen LogP contribution in [0.5, 0.6) is 17.2 Å². The van der Waals surface area contributed by atoms with E-state index in [9.17, 15) is 10.1 Å². The molecule has 0 fully saturated rings. The van der Waals surface area contributed by atoms with Gasteiger partial charge in [-0.25, -0.2) is 0 Å². The summed E-state index contributed by atoms with van der Waals surface area (Å²) in [5, 5.41) is 11.5. The maximum Gasteiger partial charge on any atom is 0.291 e. The first-order valence-electron chi connectivity index (χ1n) is 6.97. The van der Waals surface area contributed by atoms with Crippen LogP contribution < -0.4 is 14.2 Å². The maximum atomic E-state index is 11.5. The molecule has 0 amide bonds. The van der Waals surface area contributed by atoms with E-state index in [-0.39, 0.29) is 5.70 Å². The smallest absolute Gasteiger partial charge is 0.291 e. The zero-order valence-electron chi connectivity index (χ0n) is 12.7. The molecule has 1 atom stereocenters. The first-order chi connectivity index (χ1) is 11.1. The number of nitrogens with zero attached hydrogens (tertiary/aromatic N) is 1. The number of nitro groups is 1. The van der Waals surface area contributed by atoms with Crippen LogP contribution >= 0.6 is 0 Å². The molecule has 1 unspecified atom stereocenters. The number of hydrogen-bond donors (Lipinski definition) is 0. The van der Waals surface area contributed by atoms with Crippen LogP contribution in [-0.4, -0.2) is 19.1 Å². The highest BCUT2D eigenvalue weighted by Gasteiger charge is 2.35. The van der Waals surface area contributed by atoms with Gasteiger partial charge in [0.25, 0.3) is 5.70 Å². The summed E-state index contributed by atoms with van der Waals surface area (Å²) >= 11 is 0. The highest BCUT2D eigenvalue weighted by Crippen LogP contribution is 2.41. The third-order valence-electron chi connectivity index (χ3n) is 3.67. The third kappa shape index (κ3) is 2.70. The number of rotatable bonds is 4. The molecule has 6 heteroatoms. The van der Waals surface area contributed by atoms with Crippen molar-refractivity contribution in [1.29, 1.82) is 0 Å². The van der Waals surface area contributed by atoms with Crippen LogP contribution in [0.25, 0.3) is 6.08 Å². The molecule has 2 aromatic carbocycles. The average molecular weight is 313 g/mol. The van der Waals surface area contributed by atoms with Gasteiger partial charge in [0.05, 0.1) is 19.1 Å². The quantitative estimate of drug-likeness (QED) is 0.638. The largest absolute Gasteiger partial charge is 0.497 e. The zero-order chi connectivity index (χ0) is 16.4. The summed E-state index contributed by atoms with van der Waals surface area (Å²) in [5.41, 5.74) is 1.18.